The Hall–Kier alpha value is -2.08. The van der Waals surface area contributed by atoms with E-state index in [1.165, 1.54) is 11.3 Å². The van der Waals surface area contributed by atoms with E-state index in [0.717, 1.165) is 11.4 Å². The number of benzene rings is 1. The molecule has 5 nitrogen and oxygen atoms in total. The molecule has 0 aliphatic carbocycles. The predicted molar refractivity (Wildman–Crippen MR) is 78.1 cm³/mol. The number of carbonyl (C=O) groups excluding carboxylic acids is 1. The van der Waals surface area contributed by atoms with Gasteiger partial charge in [-0.1, -0.05) is 6.07 Å². The van der Waals surface area contributed by atoms with Crippen LogP contribution >= 0.6 is 11.3 Å². The molecule has 2 rings (SSSR count). The number of esters is 1. The Morgan fingerprint density at radius 1 is 1.50 bits per heavy atom. The first-order valence-electron chi connectivity index (χ1n) is 6.21. The number of nitrogens with one attached hydrogen (secondary N) is 1. The second-order valence-corrected chi connectivity index (χ2v) is 4.86. The maximum Gasteiger partial charge on any atom is 0.335 e. The van der Waals surface area contributed by atoms with E-state index in [0.29, 0.717) is 11.6 Å². The molecular weight excluding hydrogens is 276 g/mol. The lowest BCUT2D eigenvalue weighted by Gasteiger charge is -2.16. The summed E-state index contributed by atoms with van der Waals surface area (Å²) in [5, 5.41) is 5.63. The zero-order chi connectivity index (χ0) is 14.4. The smallest absolute Gasteiger partial charge is 0.335 e. The number of carbonyl (C=O) groups is 1. The molecule has 0 bridgehead atoms. The van der Waals surface area contributed by atoms with Crippen molar-refractivity contribution in [2.45, 2.75) is 13.0 Å². The molecule has 1 heterocycles. The number of nitrogens with zero attached hydrogens (tertiary/aromatic N) is 1. The van der Waals surface area contributed by atoms with Crippen LogP contribution in [0.3, 0.4) is 0 Å². The van der Waals surface area contributed by atoms with Crippen LogP contribution in [-0.4, -0.2) is 24.7 Å². The predicted octanol–water partition coefficient (Wildman–Crippen LogP) is 2.87. The number of rotatable bonds is 6. The maximum atomic E-state index is 12.1. The van der Waals surface area contributed by atoms with Crippen LogP contribution < -0.4 is 10.1 Å². The third-order valence-corrected chi connectivity index (χ3v) is 3.44. The minimum atomic E-state index is -0.609. The van der Waals surface area contributed by atoms with E-state index >= 15 is 0 Å². The summed E-state index contributed by atoms with van der Waals surface area (Å²) in [4.78, 5) is 16.2. The molecule has 1 aromatic heterocycles. The molecule has 0 saturated heterocycles. The first-order chi connectivity index (χ1) is 9.74. The van der Waals surface area contributed by atoms with Crippen molar-refractivity contribution in [3.63, 3.8) is 0 Å². The van der Waals surface area contributed by atoms with E-state index in [-0.39, 0.29) is 5.97 Å². The molecule has 0 aliphatic rings. The van der Waals surface area contributed by atoms with Gasteiger partial charge in [-0.25, -0.2) is 9.78 Å². The highest BCUT2D eigenvalue weighted by Gasteiger charge is 2.24. The molecule has 1 aromatic carbocycles. The van der Waals surface area contributed by atoms with Crippen molar-refractivity contribution >= 4 is 23.0 Å². The largest absolute Gasteiger partial charge is 0.497 e. The molecule has 0 amide bonds. The second-order valence-electron chi connectivity index (χ2n) is 3.93. The molecule has 20 heavy (non-hydrogen) atoms. The third-order valence-electron chi connectivity index (χ3n) is 2.60. The van der Waals surface area contributed by atoms with Crippen LogP contribution in [0.2, 0.25) is 0 Å². The fourth-order valence-corrected chi connectivity index (χ4v) is 2.38. The normalized spacial score (nSPS) is 11.7. The van der Waals surface area contributed by atoms with Crippen LogP contribution in [0.5, 0.6) is 5.75 Å². The van der Waals surface area contributed by atoms with Crippen LogP contribution in [0.25, 0.3) is 0 Å². The molecule has 6 heteroatoms. The van der Waals surface area contributed by atoms with Gasteiger partial charge in [0.1, 0.15) is 10.8 Å². The van der Waals surface area contributed by atoms with Crippen molar-refractivity contribution < 1.29 is 14.3 Å². The Bertz CT molecular complexity index is 557. The van der Waals surface area contributed by atoms with Gasteiger partial charge in [0.2, 0.25) is 0 Å². The first kappa shape index (κ1) is 14.3. The summed E-state index contributed by atoms with van der Waals surface area (Å²) in [5.74, 6) is 0.377. The monoisotopic (exact) mass is 292 g/mol. The maximum absolute atomic E-state index is 12.1. The number of methoxy groups -OCH3 is 1. The zero-order valence-corrected chi connectivity index (χ0v) is 12.1. The molecule has 0 fully saturated rings. The Morgan fingerprint density at radius 2 is 2.35 bits per heavy atom. The van der Waals surface area contributed by atoms with Gasteiger partial charge in [-0.2, -0.15) is 0 Å². The molecular formula is C14H16N2O3S. The quantitative estimate of drug-likeness (QED) is 0.830. The van der Waals surface area contributed by atoms with Crippen LogP contribution in [0.1, 0.15) is 18.0 Å². The van der Waals surface area contributed by atoms with Crippen molar-refractivity contribution in [2.24, 2.45) is 0 Å². The van der Waals surface area contributed by atoms with Gasteiger partial charge >= 0.3 is 5.97 Å². The Balaban J connectivity index is 2.21. The van der Waals surface area contributed by atoms with Gasteiger partial charge in [-0.3, -0.25) is 0 Å². The van der Waals surface area contributed by atoms with Gasteiger partial charge in [-0.05, 0) is 19.1 Å². The number of hydrogen-bond donors (Lipinski definition) is 1. The summed E-state index contributed by atoms with van der Waals surface area (Å²) in [5.41, 5.74) is 0.776. The van der Waals surface area contributed by atoms with Crippen molar-refractivity contribution in [2.75, 3.05) is 19.0 Å². The fourth-order valence-electron chi connectivity index (χ4n) is 1.70. The summed E-state index contributed by atoms with van der Waals surface area (Å²) in [7, 11) is 1.60. The number of ether oxygens (including phenoxy) is 2. The van der Waals surface area contributed by atoms with Crippen molar-refractivity contribution in [3.8, 4) is 5.75 Å². The van der Waals surface area contributed by atoms with E-state index in [4.69, 9.17) is 9.47 Å². The lowest BCUT2D eigenvalue weighted by atomic mass is 10.2. The van der Waals surface area contributed by atoms with Gasteiger partial charge in [0.15, 0.2) is 6.04 Å². The van der Waals surface area contributed by atoms with E-state index in [1.54, 1.807) is 20.2 Å². The minimum Gasteiger partial charge on any atom is -0.497 e. The molecule has 1 N–H and O–H groups in total. The zero-order valence-electron chi connectivity index (χ0n) is 11.3. The highest BCUT2D eigenvalue weighted by atomic mass is 32.1. The highest BCUT2D eigenvalue weighted by molar-refractivity contribution is 7.09. The van der Waals surface area contributed by atoms with Crippen LogP contribution in [0.15, 0.2) is 35.8 Å². The average molecular weight is 292 g/mol. The lowest BCUT2D eigenvalue weighted by Crippen LogP contribution is -2.23. The van der Waals surface area contributed by atoms with Crippen molar-refractivity contribution in [1.29, 1.82) is 0 Å². The molecule has 2 aromatic rings. The lowest BCUT2D eigenvalue weighted by molar-refractivity contribution is -0.144. The van der Waals surface area contributed by atoms with Gasteiger partial charge < -0.3 is 14.8 Å². The van der Waals surface area contributed by atoms with Crippen LogP contribution in [0.4, 0.5) is 5.69 Å². The minimum absolute atomic E-state index is 0.334. The SMILES string of the molecule is CCOC(=O)C(Nc1cccc(OC)c1)c1nccs1. The first-order valence-corrected chi connectivity index (χ1v) is 7.09. The highest BCUT2D eigenvalue weighted by Crippen LogP contribution is 2.25. The molecule has 0 saturated carbocycles. The molecule has 106 valence electrons. The summed E-state index contributed by atoms with van der Waals surface area (Å²) in [6.07, 6.45) is 1.67. The Morgan fingerprint density at radius 3 is 3.00 bits per heavy atom. The molecule has 0 aliphatic heterocycles. The van der Waals surface area contributed by atoms with Crippen molar-refractivity contribution in [1.82, 2.24) is 4.98 Å². The number of anilines is 1. The van der Waals surface area contributed by atoms with Gasteiger partial charge in [0.05, 0.1) is 13.7 Å². The molecule has 0 radical (unpaired) electrons. The van der Waals surface area contributed by atoms with Gasteiger partial charge in [-0.15, -0.1) is 11.3 Å². The van der Waals surface area contributed by atoms with Crippen molar-refractivity contribution in [3.05, 3.63) is 40.8 Å². The Kier molecular flexibility index (Phi) is 4.95. The number of thiazole rings is 1. The number of aromatic nitrogens is 1. The number of hydrogen-bond acceptors (Lipinski definition) is 6. The summed E-state index contributed by atoms with van der Waals surface area (Å²) >= 11 is 1.41. The third kappa shape index (κ3) is 3.48. The molecule has 0 spiro atoms. The van der Waals surface area contributed by atoms with E-state index in [2.05, 4.69) is 10.3 Å². The standard InChI is InChI=1S/C14H16N2O3S/c1-3-19-14(17)12(13-15-7-8-20-13)16-10-5-4-6-11(9-10)18-2/h4-9,12,16H,3H2,1-2H3. The average Bonchev–Trinajstić information content (AvgIpc) is 2.99. The van der Waals surface area contributed by atoms with Gasteiger partial charge in [0.25, 0.3) is 0 Å². The van der Waals surface area contributed by atoms with Gasteiger partial charge in [0, 0.05) is 23.3 Å². The van der Waals surface area contributed by atoms with Crippen LogP contribution in [0, 0.1) is 0 Å². The molecule has 1 unspecified atom stereocenters. The summed E-state index contributed by atoms with van der Waals surface area (Å²) < 4.78 is 10.3. The summed E-state index contributed by atoms with van der Waals surface area (Å²) in [6.45, 7) is 2.11. The fraction of sp³-hybridized carbons (Fsp3) is 0.286. The topological polar surface area (TPSA) is 60.5 Å². The molecule has 1 atom stereocenters. The van der Waals surface area contributed by atoms with Crippen LogP contribution in [-0.2, 0) is 9.53 Å². The summed E-state index contributed by atoms with van der Waals surface area (Å²) in [6, 6.07) is 6.77. The van der Waals surface area contributed by atoms with E-state index in [9.17, 15) is 4.79 Å². The van der Waals surface area contributed by atoms with E-state index < -0.39 is 6.04 Å². The second kappa shape index (κ2) is 6.91. The Labute approximate surface area is 121 Å². The van der Waals surface area contributed by atoms with E-state index in [1.807, 2.05) is 29.6 Å².